The third-order valence-electron chi connectivity index (χ3n) is 8.43. The van der Waals surface area contributed by atoms with Crippen LogP contribution in [0.25, 0.3) is 65.7 Å². The van der Waals surface area contributed by atoms with Gasteiger partial charge in [-0.3, -0.25) is 0 Å². The normalized spacial score (nSPS) is 11.5. The fourth-order valence-corrected chi connectivity index (χ4v) is 6.76. The topological polar surface area (TPSA) is 0 Å². The second kappa shape index (κ2) is 9.26. The summed E-state index contributed by atoms with van der Waals surface area (Å²) in [6.07, 6.45) is 0. The van der Waals surface area contributed by atoms with Crippen molar-refractivity contribution in [2.75, 3.05) is 0 Å². The Morgan fingerprint density at radius 3 is 0.846 bits per heavy atom. The summed E-state index contributed by atoms with van der Waals surface area (Å²) in [6, 6.07) is 46.4. The van der Waals surface area contributed by atoms with Gasteiger partial charge in [-0.2, -0.15) is 0 Å². The van der Waals surface area contributed by atoms with E-state index in [1.165, 1.54) is 82.4 Å². The van der Waals surface area contributed by atoms with Crippen molar-refractivity contribution in [3.63, 3.8) is 0 Å². The van der Waals surface area contributed by atoms with Gasteiger partial charge >= 0.3 is 0 Å². The number of benzene rings is 7. The van der Waals surface area contributed by atoms with Crippen LogP contribution in [0, 0.1) is 20.8 Å². The third-order valence-corrected chi connectivity index (χ3v) is 8.43. The van der Waals surface area contributed by atoms with Gasteiger partial charge in [0.15, 0.2) is 0 Å². The molecule has 0 amide bonds. The summed E-state index contributed by atoms with van der Waals surface area (Å²) in [7, 11) is 0. The fourth-order valence-electron chi connectivity index (χ4n) is 6.76. The van der Waals surface area contributed by atoms with E-state index in [1.54, 1.807) is 0 Å². The van der Waals surface area contributed by atoms with Crippen molar-refractivity contribution >= 4 is 32.3 Å². The van der Waals surface area contributed by atoms with Gasteiger partial charge in [-0.1, -0.05) is 127 Å². The van der Waals surface area contributed by atoms with E-state index in [9.17, 15) is 0 Å². The van der Waals surface area contributed by atoms with Crippen molar-refractivity contribution in [2.24, 2.45) is 0 Å². The number of rotatable bonds is 3. The molecule has 0 saturated heterocycles. The molecule has 186 valence electrons. The van der Waals surface area contributed by atoms with Crippen LogP contribution in [0.1, 0.15) is 16.7 Å². The first-order chi connectivity index (χ1) is 19.1. The van der Waals surface area contributed by atoms with E-state index in [1.807, 2.05) is 0 Å². The maximum Gasteiger partial charge on any atom is -0.00996 e. The van der Waals surface area contributed by atoms with Crippen LogP contribution in [-0.4, -0.2) is 0 Å². The van der Waals surface area contributed by atoms with Crippen molar-refractivity contribution in [1.82, 2.24) is 0 Å². The molecular formula is C39H30. The van der Waals surface area contributed by atoms with Crippen LogP contribution in [0.15, 0.2) is 127 Å². The van der Waals surface area contributed by atoms with Gasteiger partial charge in [0.2, 0.25) is 0 Å². The predicted molar refractivity (Wildman–Crippen MR) is 169 cm³/mol. The van der Waals surface area contributed by atoms with Gasteiger partial charge in [0, 0.05) is 0 Å². The molecule has 0 heteroatoms. The molecule has 0 aliphatic heterocycles. The van der Waals surface area contributed by atoms with Crippen molar-refractivity contribution in [1.29, 1.82) is 0 Å². The Morgan fingerprint density at radius 2 is 0.538 bits per heavy atom. The lowest BCUT2D eigenvalue weighted by atomic mass is 9.78. The molecule has 0 aromatic heterocycles. The Morgan fingerprint density at radius 1 is 0.282 bits per heavy atom. The second-order valence-corrected chi connectivity index (χ2v) is 10.6. The van der Waals surface area contributed by atoms with E-state index in [-0.39, 0.29) is 0 Å². The highest BCUT2D eigenvalue weighted by atomic mass is 14.3. The smallest absolute Gasteiger partial charge is 0.00996 e. The van der Waals surface area contributed by atoms with Gasteiger partial charge in [0.1, 0.15) is 0 Å². The largest absolute Gasteiger partial charge is 0.0616 e. The number of hydrogen-bond acceptors (Lipinski definition) is 0. The van der Waals surface area contributed by atoms with Gasteiger partial charge in [-0.05, 0) is 103 Å². The monoisotopic (exact) mass is 498 g/mol. The van der Waals surface area contributed by atoms with Gasteiger partial charge in [-0.15, -0.1) is 0 Å². The molecule has 0 unspecified atom stereocenters. The molecule has 0 radical (unpaired) electrons. The predicted octanol–water partition coefficient (Wildman–Crippen LogP) is 11.1. The van der Waals surface area contributed by atoms with E-state index < -0.39 is 0 Å². The Bertz CT molecular complexity index is 1770. The van der Waals surface area contributed by atoms with E-state index in [4.69, 9.17) is 0 Å². The molecule has 0 nitrogen and oxygen atoms in total. The molecule has 39 heavy (non-hydrogen) atoms. The minimum Gasteiger partial charge on any atom is -0.0616 e. The van der Waals surface area contributed by atoms with Gasteiger partial charge in [0.25, 0.3) is 0 Å². The van der Waals surface area contributed by atoms with Crippen LogP contribution in [0.2, 0.25) is 0 Å². The Hall–Kier alpha value is -4.68. The van der Waals surface area contributed by atoms with Crippen LogP contribution in [0.4, 0.5) is 0 Å². The molecule has 7 aromatic rings. The summed E-state index contributed by atoms with van der Waals surface area (Å²) in [4.78, 5) is 0. The highest BCUT2D eigenvalue weighted by Crippen LogP contribution is 2.47. The SMILES string of the molecule is Cc1c(-c2cccc3ccccc23)c(C)c(-c2cccc3ccccc23)c(C)c1-c1cccc2ccccc12. The molecule has 7 rings (SSSR count). The van der Waals surface area contributed by atoms with Gasteiger partial charge in [0.05, 0.1) is 0 Å². The molecule has 0 atom stereocenters. The lowest BCUT2D eigenvalue weighted by molar-refractivity contribution is 1.33. The lowest BCUT2D eigenvalue weighted by Crippen LogP contribution is -2.01. The third kappa shape index (κ3) is 3.67. The summed E-state index contributed by atoms with van der Waals surface area (Å²) in [6.45, 7) is 6.96. The summed E-state index contributed by atoms with van der Waals surface area (Å²) in [5.74, 6) is 0. The zero-order chi connectivity index (χ0) is 26.5. The van der Waals surface area contributed by atoms with Crippen LogP contribution in [0.3, 0.4) is 0 Å². The molecule has 0 aliphatic carbocycles. The molecule has 0 heterocycles. The van der Waals surface area contributed by atoms with E-state index in [2.05, 4.69) is 148 Å². The van der Waals surface area contributed by atoms with Crippen LogP contribution in [0.5, 0.6) is 0 Å². The zero-order valence-corrected chi connectivity index (χ0v) is 22.6. The zero-order valence-electron chi connectivity index (χ0n) is 22.6. The highest BCUT2D eigenvalue weighted by Gasteiger charge is 2.23. The first kappa shape index (κ1) is 23.4. The highest BCUT2D eigenvalue weighted by molar-refractivity contribution is 6.07. The molecule has 7 aromatic carbocycles. The van der Waals surface area contributed by atoms with Crippen LogP contribution in [-0.2, 0) is 0 Å². The summed E-state index contributed by atoms with van der Waals surface area (Å²) < 4.78 is 0. The van der Waals surface area contributed by atoms with Gasteiger partial charge in [-0.25, -0.2) is 0 Å². The summed E-state index contributed by atoms with van der Waals surface area (Å²) in [5, 5.41) is 7.70. The van der Waals surface area contributed by atoms with E-state index in [0.29, 0.717) is 0 Å². The molecule has 0 N–H and O–H groups in total. The molecule has 0 saturated carbocycles. The maximum absolute atomic E-state index is 2.32. The first-order valence-corrected chi connectivity index (χ1v) is 13.7. The average molecular weight is 499 g/mol. The molecular weight excluding hydrogens is 468 g/mol. The summed E-state index contributed by atoms with van der Waals surface area (Å²) in [5.41, 5.74) is 11.9. The van der Waals surface area contributed by atoms with Crippen molar-refractivity contribution in [2.45, 2.75) is 20.8 Å². The quantitative estimate of drug-likeness (QED) is 0.227. The van der Waals surface area contributed by atoms with E-state index >= 15 is 0 Å². The maximum atomic E-state index is 2.32. The number of fused-ring (bicyclic) bond motifs is 3. The second-order valence-electron chi connectivity index (χ2n) is 10.6. The lowest BCUT2D eigenvalue weighted by Gasteiger charge is -2.25. The summed E-state index contributed by atoms with van der Waals surface area (Å²) >= 11 is 0. The van der Waals surface area contributed by atoms with Crippen LogP contribution >= 0.6 is 0 Å². The molecule has 0 spiro atoms. The Balaban J connectivity index is 1.67. The Kier molecular flexibility index (Phi) is 5.56. The van der Waals surface area contributed by atoms with Crippen molar-refractivity contribution in [3.05, 3.63) is 144 Å². The molecule has 0 aliphatic rings. The molecule has 0 fully saturated rings. The minimum atomic E-state index is 1.27. The number of hydrogen-bond donors (Lipinski definition) is 0. The molecule has 0 bridgehead atoms. The van der Waals surface area contributed by atoms with Crippen molar-refractivity contribution in [3.8, 4) is 33.4 Å². The van der Waals surface area contributed by atoms with Crippen molar-refractivity contribution < 1.29 is 0 Å². The van der Waals surface area contributed by atoms with Gasteiger partial charge < -0.3 is 0 Å². The first-order valence-electron chi connectivity index (χ1n) is 13.7. The standard InChI is InChI=1S/C39H30/c1-25-37(34-22-10-16-28-13-4-7-19-31(28)34)26(2)39(36-24-12-18-30-15-6-9-21-33(30)36)27(3)38(25)35-23-11-17-29-14-5-8-20-32(29)35/h4-24H,1-3H3. The van der Waals surface area contributed by atoms with Crippen LogP contribution < -0.4 is 0 Å². The minimum absolute atomic E-state index is 1.27. The average Bonchev–Trinajstić information content (AvgIpc) is 2.97. The fraction of sp³-hybridized carbons (Fsp3) is 0.0769. The van der Waals surface area contributed by atoms with E-state index in [0.717, 1.165) is 0 Å². The Labute approximate surface area is 230 Å².